The summed E-state index contributed by atoms with van der Waals surface area (Å²) in [5.74, 6) is 0.742. The molecule has 6 nitrogen and oxygen atoms in total. The van der Waals surface area contributed by atoms with E-state index in [1.807, 2.05) is 0 Å². The Bertz CT molecular complexity index is 739. The highest BCUT2D eigenvalue weighted by molar-refractivity contribution is 5.89. The summed E-state index contributed by atoms with van der Waals surface area (Å²) in [6.07, 6.45) is 0. The zero-order chi connectivity index (χ0) is 18.9. The van der Waals surface area contributed by atoms with Gasteiger partial charge in [0.05, 0.1) is 13.7 Å². The summed E-state index contributed by atoms with van der Waals surface area (Å²) in [7, 11) is 4.77. The maximum absolute atomic E-state index is 13.3. The highest BCUT2D eigenvalue weighted by atomic mass is 19.1. The van der Waals surface area contributed by atoms with E-state index in [2.05, 4.69) is 5.32 Å². The van der Waals surface area contributed by atoms with Crippen LogP contribution in [0.1, 0.15) is 5.56 Å². The van der Waals surface area contributed by atoms with Crippen LogP contribution in [0.2, 0.25) is 0 Å². The number of hydrogen-bond donors (Lipinski definition) is 1. The average Bonchev–Trinajstić information content (AvgIpc) is 2.62. The Labute approximate surface area is 152 Å². The second-order valence-corrected chi connectivity index (χ2v) is 5.62. The molecule has 1 N–H and O–H groups in total. The number of hydrogen-bond acceptors (Lipinski definition) is 4. The molecule has 26 heavy (non-hydrogen) atoms. The fourth-order valence-corrected chi connectivity index (χ4v) is 2.30. The van der Waals surface area contributed by atoms with Gasteiger partial charge in [-0.1, -0.05) is 12.1 Å². The molecule has 0 spiro atoms. The Morgan fingerprint density at radius 3 is 2.62 bits per heavy atom. The zero-order valence-corrected chi connectivity index (χ0v) is 15.1. The van der Waals surface area contributed by atoms with Gasteiger partial charge in [0.1, 0.15) is 12.4 Å². The summed E-state index contributed by atoms with van der Waals surface area (Å²) in [6.45, 7) is 1.09. The van der Waals surface area contributed by atoms with E-state index in [9.17, 15) is 9.18 Å². The predicted octanol–water partition coefficient (Wildman–Crippen LogP) is 3.52. The van der Waals surface area contributed by atoms with Gasteiger partial charge in [0.2, 0.25) is 0 Å². The van der Waals surface area contributed by atoms with Gasteiger partial charge in [-0.15, -0.1) is 0 Å². The third-order valence-corrected chi connectivity index (χ3v) is 3.62. The first kappa shape index (κ1) is 19.5. The third-order valence-electron chi connectivity index (χ3n) is 3.62. The van der Waals surface area contributed by atoms with Gasteiger partial charge >= 0.3 is 6.03 Å². The molecule has 0 heterocycles. The largest absolute Gasteiger partial charge is 0.493 e. The van der Waals surface area contributed by atoms with Crippen molar-refractivity contribution >= 4 is 11.7 Å². The molecule has 0 radical (unpaired) electrons. The Kier molecular flexibility index (Phi) is 7.23. The van der Waals surface area contributed by atoms with Crippen LogP contribution in [0.5, 0.6) is 11.5 Å². The molecule has 2 aromatic rings. The van der Waals surface area contributed by atoms with E-state index < -0.39 is 0 Å². The standard InChI is InChI=1S/C19H23FN2O4/c1-22(13-14-5-4-6-15(20)11-14)19(23)21-16-7-8-17(25-3)18(12-16)26-10-9-24-2/h4-8,11-12H,9-10,13H2,1-3H3,(H,21,23). The van der Waals surface area contributed by atoms with E-state index in [1.165, 1.54) is 17.0 Å². The Hall–Kier alpha value is -2.80. The van der Waals surface area contributed by atoms with Crippen molar-refractivity contribution < 1.29 is 23.4 Å². The van der Waals surface area contributed by atoms with Crippen molar-refractivity contribution in [3.63, 3.8) is 0 Å². The molecule has 0 atom stereocenters. The maximum Gasteiger partial charge on any atom is 0.321 e. The molecule has 0 aliphatic heterocycles. The Balaban J connectivity index is 2.01. The van der Waals surface area contributed by atoms with Gasteiger partial charge in [-0.3, -0.25) is 0 Å². The smallest absolute Gasteiger partial charge is 0.321 e. The van der Waals surface area contributed by atoms with E-state index in [-0.39, 0.29) is 18.4 Å². The molecule has 7 heteroatoms. The molecular formula is C19H23FN2O4. The first-order chi connectivity index (χ1) is 12.5. The molecular weight excluding hydrogens is 339 g/mol. The fourth-order valence-electron chi connectivity index (χ4n) is 2.30. The van der Waals surface area contributed by atoms with Crippen LogP contribution in [0.15, 0.2) is 42.5 Å². The number of carbonyl (C=O) groups is 1. The summed E-state index contributed by atoms with van der Waals surface area (Å²) in [5.41, 5.74) is 1.27. The minimum Gasteiger partial charge on any atom is -0.493 e. The van der Waals surface area contributed by atoms with Gasteiger partial charge in [-0.05, 0) is 29.8 Å². The van der Waals surface area contributed by atoms with Gasteiger partial charge in [0.25, 0.3) is 0 Å². The van der Waals surface area contributed by atoms with Gasteiger partial charge in [0.15, 0.2) is 11.5 Å². The molecule has 0 aliphatic rings. The number of methoxy groups -OCH3 is 2. The minimum atomic E-state index is -0.329. The Morgan fingerprint density at radius 2 is 1.92 bits per heavy atom. The number of urea groups is 1. The molecule has 0 aliphatic carbocycles. The number of benzene rings is 2. The quantitative estimate of drug-likeness (QED) is 0.730. The first-order valence-electron chi connectivity index (χ1n) is 8.10. The molecule has 0 saturated carbocycles. The normalized spacial score (nSPS) is 10.3. The number of amides is 2. The van der Waals surface area contributed by atoms with Gasteiger partial charge in [-0.2, -0.15) is 0 Å². The highest BCUT2D eigenvalue weighted by Gasteiger charge is 2.12. The predicted molar refractivity (Wildman–Crippen MR) is 97.3 cm³/mol. The SMILES string of the molecule is COCCOc1cc(NC(=O)N(C)Cc2cccc(F)c2)ccc1OC. The summed E-state index contributed by atoms with van der Waals surface area (Å²) >= 11 is 0. The molecule has 0 fully saturated rings. The second-order valence-electron chi connectivity index (χ2n) is 5.62. The summed E-state index contributed by atoms with van der Waals surface area (Å²) in [4.78, 5) is 13.8. The van der Waals surface area contributed by atoms with Crippen LogP contribution in [0.4, 0.5) is 14.9 Å². The van der Waals surface area contributed by atoms with Crippen molar-refractivity contribution in [1.82, 2.24) is 4.90 Å². The van der Waals surface area contributed by atoms with Crippen molar-refractivity contribution in [2.24, 2.45) is 0 Å². The van der Waals surface area contributed by atoms with Crippen LogP contribution in [0.25, 0.3) is 0 Å². The van der Waals surface area contributed by atoms with Crippen molar-refractivity contribution in [1.29, 1.82) is 0 Å². The summed E-state index contributed by atoms with van der Waals surface area (Å²) in [5, 5.41) is 2.79. The molecule has 140 valence electrons. The molecule has 0 bridgehead atoms. The number of nitrogens with one attached hydrogen (secondary N) is 1. The van der Waals surface area contributed by atoms with Crippen molar-refractivity contribution in [3.8, 4) is 11.5 Å². The first-order valence-corrected chi connectivity index (χ1v) is 8.10. The molecule has 0 saturated heterocycles. The van der Waals surface area contributed by atoms with E-state index in [0.717, 1.165) is 0 Å². The van der Waals surface area contributed by atoms with E-state index in [1.54, 1.807) is 51.6 Å². The number of carbonyl (C=O) groups excluding carboxylic acids is 1. The number of halogens is 1. The highest BCUT2D eigenvalue weighted by Crippen LogP contribution is 2.30. The van der Waals surface area contributed by atoms with Crippen molar-refractivity contribution in [2.45, 2.75) is 6.54 Å². The van der Waals surface area contributed by atoms with Crippen LogP contribution >= 0.6 is 0 Å². The average molecular weight is 362 g/mol. The Morgan fingerprint density at radius 1 is 1.12 bits per heavy atom. The molecule has 2 amide bonds. The molecule has 0 unspecified atom stereocenters. The van der Waals surface area contributed by atoms with E-state index >= 15 is 0 Å². The number of anilines is 1. The maximum atomic E-state index is 13.3. The second kappa shape index (κ2) is 9.62. The third kappa shape index (κ3) is 5.63. The summed E-state index contributed by atoms with van der Waals surface area (Å²) < 4.78 is 29.1. The molecule has 2 aromatic carbocycles. The van der Waals surface area contributed by atoms with Crippen LogP contribution in [-0.4, -0.2) is 45.4 Å². The molecule has 2 rings (SSSR count). The van der Waals surface area contributed by atoms with E-state index in [4.69, 9.17) is 14.2 Å². The number of ether oxygens (including phenoxy) is 3. The lowest BCUT2D eigenvalue weighted by molar-refractivity contribution is 0.144. The van der Waals surface area contributed by atoms with E-state index in [0.29, 0.717) is 36.0 Å². The minimum absolute atomic E-state index is 0.289. The summed E-state index contributed by atoms with van der Waals surface area (Å²) in [6, 6.07) is 10.9. The van der Waals surface area contributed by atoms with Gasteiger partial charge in [-0.25, -0.2) is 9.18 Å². The molecule has 0 aromatic heterocycles. The van der Waals surface area contributed by atoms with Crippen LogP contribution in [0.3, 0.4) is 0 Å². The van der Waals surface area contributed by atoms with Crippen LogP contribution in [0, 0.1) is 5.82 Å². The van der Waals surface area contributed by atoms with Crippen LogP contribution < -0.4 is 14.8 Å². The monoisotopic (exact) mass is 362 g/mol. The lowest BCUT2D eigenvalue weighted by Gasteiger charge is -2.19. The van der Waals surface area contributed by atoms with Crippen molar-refractivity contribution in [3.05, 3.63) is 53.8 Å². The lowest BCUT2D eigenvalue weighted by atomic mass is 10.2. The fraction of sp³-hybridized carbons (Fsp3) is 0.316. The van der Waals surface area contributed by atoms with Crippen molar-refractivity contribution in [2.75, 3.05) is 39.8 Å². The zero-order valence-electron chi connectivity index (χ0n) is 15.1. The lowest BCUT2D eigenvalue weighted by Crippen LogP contribution is -2.30. The van der Waals surface area contributed by atoms with Gasteiger partial charge < -0.3 is 24.4 Å². The van der Waals surface area contributed by atoms with Gasteiger partial charge in [0, 0.05) is 32.5 Å². The topological polar surface area (TPSA) is 60.0 Å². The van der Waals surface area contributed by atoms with Crippen LogP contribution in [-0.2, 0) is 11.3 Å². The number of rotatable bonds is 8. The number of nitrogens with zero attached hydrogens (tertiary/aromatic N) is 1.